The number of anilines is 1. The van der Waals surface area contributed by atoms with Gasteiger partial charge in [0.05, 0.1) is 0 Å². The molecule has 0 fully saturated rings. The topological polar surface area (TPSA) is 12.0 Å². The van der Waals surface area contributed by atoms with Crippen molar-refractivity contribution >= 4 is 34.0 Å². The molecule has 1 aromatic rings. The van der Waals surface area contributed by atoms with Crippen molar-refractivity contribution in [2.24, 2.45) is 0 Å². The zero-order valence-corrected chi connectivity index (χ0v) is 9.50. The summed E-state index contributed by atoms with van der Waals surface area (Å²) in [5, 5.41) is 1.50. The minimum atomic E-state index is -5.59. The highest BCUT2D eigenvalue weighted by Gasteiger charge is 2.42. The van der Waals surface area contributed by atoms with Crippen LogP contribution >= 0.6 is 23.8 Å². The average molecular weight is 312 g/mol. The third-order valence-electron chi connectivity index (χ3n) is 1.77. The summed E-state index contributed by atoms with van der Waals surface area (Å²) in [6.07, 6.45) is -5.59. The molecular formula is C8HClF7NS. The Kier molecular flexibility index (Phi) is 4.06. The summed E-state index contributed by atoms with van der Waals surface area (Å²) in [6.45, 7) is 0. The second kappa shape index (κ2) is 4.88. The predicted molar refractivity (Wildman–Crippen MR) is 53.3 cm³/mol. The van der Waals surface area contributed by atoms with Crippen LogP contribution in [0.1, 0.15) is 5.56 Å². The summed E-state index contributed by atoms with van der Waals surface area (Å²) in [7, 11) is 0. The summed E-state index contributed by atoms with van der Waals surface area (Å²) < 4.78 is 88.0. The molecule has 1 N–H and O–H groups in total. The highest BCUT2D eigenvalue weighted by atomic mass is 35.5. The fourth-order valence-electron chi connectivity index (χ4n) is 1.09. The van der Waals surface area contributed by atoms with E-state index in [1.54, 1.807) is 0 Å². The minimum absolute atomic E-state index is 0.800. The van der Waals surface area contributed by atoms with Gasteiger partial charge in [-0.2, -0.15) is 13.2 Å². The molecule has 1 rings (SSSR count). The van der Waals surface area contributed by atoms with E-state index >= 15 is 0 Å². The first kappa shape index (κ1) is 15.0. The van der Waals surface area contributed by atoms with E-state index in [-0.39, 0.29) is 0 Å². The SMILES string of the molecule is Fc1c(F)c(C(F)(F)F)c(F)c(F)c1NC(=S)Cl. The number of alkyl halides is 3. The summed E-state index contributed by atoms with van der Waals surface area (Å²) in [4.78, 5) is 0. The molecule has 0 aliphatic carbocycles. The molecule has 0 aliphatic heterocycles. The Morgan fingerprint density at radius 2 is 1.33 bits per heavy atom. The average Bonchev–Trinajstić information content (AvgIpc) is 2.19. The molecule has 1 aromatic carbocycles. The van der Waals surface area contributed by atoms with E-state index in [0.29, 0.717) is 0 Å². The standard InChI is InChI=1S/C8HClF7NS/c9-7(18)17-6-4(12)2(10)1(8(14,15)16)3(11)5(6)13/h(H,17,18). The lowest BCUT2D eigenvalue weighted by Gasteiger charge is -2.14. The Balaban J connectivity index is 3.61. The van der Waals surface area contributed by atoms with E-state index in [9.17, 15) is 30.7 Å². The molecule has 0 atom stereocenters. The van der Waals surface area contributed by atoms with E-state index in [2.05, 4.69) is 12.2 Å². The molecule has 0 bridgehead atoms. The molecule has 0 saturated heterocycles. The minimum Gasteiger partial charge on any atom is -0.332 e. The van der Waals surface area contributed by atoms with Crippen molar-refractivity contribution in [3.05, 3.63) is 28.8 Å². The van der Waals surface area contributed by atoms with Crippen LogP contribution in [-0.4, -0.2) is 4.45 Å². The summed E-state index contributed by atoms with van der Waals surface area (Å²) in [5.74, 6) is -9.72. The second-order valence-corrected chi connectivity index (χ2v) is 3.91. The third-order valence-corrected chi connectivity index (χ3v) is 1.97. The number of rotatable bonds is 1. The van der Waals surface area contributed by atoms with Crippen LogP contribution < -0.4 is 5.32 Å². The number of benzene rings is 1. The Labute approximate surface area is 106 Å². The highest BCUT2D eigenvalue weighted by Crippen LogP contribution is 2.38. The van der Waals surface area contributed by atoms with Gasteiger partial charge < -0.3 is 5.32 Å². The van der Waals surface area contributed by atoms with E-state index in [0.717, 1.165) is 0 Å². The maximum atomic E-state index is 13.1. The Morgan fingerprint density at radius 1 is 0.944 bits per heavy atom. The van der Waals surface area contributed by atoms with Gasteiger partial charge in [0.25, 0.3) is 0 Å². The quantitative estimate of drug-likeness (QED) is 0.274. The Hall–Kier alpha value is -1.09. The van der Waals surface area contributed by atoms with Crippen molar-refractivity contribution in [2.45, 2.75) is 6.18 Å². The summed E-state index contributed by atoms with van der Waals surface area (Å²) in [6, 6.07) is 0. The fourth-order valence-corrected chi connectivity index (χ4v) is 1.29. The molecule has 0 amide bonds. The largest absolute Gasteiger partial charge is 0.422 e. The summed E-state index contributed by atoms with van der Waals surface area (Å²) >= 11 is 9.15. The number of halogens is 8. The summed E-state index contributed by atoms with van der Waals surface area (Å²) in [5.41, 5.74) is -4.19. The van der Waals surface area contributed by atoms with Crippen LogP contribution in [0.3, 0.4) is 0 Å². The molecule has 0 aromatic heterocycles. The number of nitrogens with one attached hydrogen (secondary N) is 1. The van der Waals surface area contributed by atoms with Gasteiger partial charge >= 0.3 is 6.18 Å². The third kappa shape index (κ3) is 2.66. The lowest BCUT2D eigenvalue weighted by atomic mass is 10.1. The molecule has 0 heterocycles. The van der Waals surface area contributed by atoms with Crippen LogP contribution in [0.15, 0.2) is 0 Å². The molecular weight excluding hydrogens is 311 g/mol. The molecule has 0 aliphatic rings. The van der Waals surface area contributed by atoms with Gasteiger partial charge in [0, 0.05) is 0 Å². The Morgan fingerprint density at radius 3 is 1.61 bits per heavy atom. The first-order chi connectivity index (χ1) is 8.07. The van der Waals surface area contributed by atoms with Crippen molar-refractivity contribution in [1.82, 2.24) is 0 Å². The number of hydrogen-bond donors (Lipinski definition) is 1. The van der Waals surface area contributed by atoms with E-state index < -0.39 is 45.1 Å². The smallest absolute Gasteiger partial charge is 0.332 e. The molecule has 10 heteroatoms. The first-order valence-corrected chi connectivity index (χ1v) is 4.75. The molecule has 100 valence electrons. The van der Waals surface area contributed by atoms with E-state index in [1.165, 1.54) is 5.32 Å². The van der Waals surface area contributed by atoms with Crippen LogP contribution in [0.5, 0.6) is 0 Å². The zero-order chi connectivity index (χ0) is 14.2. The normalized spacial score (nSPS) is 11.6. The van der Waals surface area contributed by atoms with Crippen LogP contribution in [0, 0.1) is 23.3 Å². The van der Waals surface area contributed by atoms with Gasteiger partial charge in [-0.25, -0.2) is 17.6 Å². The maximum absolute atomic E-state index is 13.1. The van der Waals surface area contributed by atoms with Gasteiger partial charge in [-0.15, -0.1) is 0 Å². The van der Waals surface area contributed by atoms with Gasteiger partial charge in [-0.3, -0.25) is 0 Å². The molecule has 0 spiro atoms. The van der Waals surface area contributed by atoms with E-state index in [1.807, 2.05) is 0 Å². The van der Waals surface area contributed by atoms with Crippen molar-refractivity contribution in [3.8, 4) is 0 Å². The van der Waals surface area contributed by atoms with Crippen molar-refractivity contribution < 1.29 is 30.7 Å². The lowest BCUT2D eigenvalue weighted by Crippen LogP contribution is -2.18. The van der Waals surface area contributed by atoms with Crippen molar-refractivity contribution in [1.29, 1.82) is 0 Å². The first-order valence-electron chi connectivity index (χ1n) is 3.97. The fraction of sp³-hybridized carbons (Fsp3) is 0.125. The lowest BCUT2D eigenvalue weighted by molar-refractivity contribution is -0.143. The molecule has 18 heavy (non-hydrogen) atoms. The zero-order valence-electron chi connectivity index (χ0n) is 7.93. The van der Waals surface area contributed by atoms with E-state index in [4.69, 9.17) is 11.6 Å². The van der Waals surface area contributed by atoms with Gasteiger partial charge in [-0.1, -0.05) is 11.6 Å². The second-order valence-electron chi connectivity index (χ2n) is 2.90. The molecule has 0 radical (unpaired) electrons. The van der Waals surface area contributed by atoms with Crippen molar-refractivity contribution in [3.63, 3.8) is 0 Å². The molecule has 0 unspecified atom stereocenters. The highest BCUT2D eigenvalue weighted by molar-refractivity contribution is 7.83. The predicted octanol–water partition coefficient (Wildman–Crippen LogP) is 4.20. The molecule has 0 saturated carbocycles. The van der Waals surface area contributed by atoms with Gasteiger partial charge in [-0.05, 0) is 12.2 Å². The van der Waals surface area contributed by atoms with Gasteiger partial charge in [0.15, 0.2) is 27.7 Å². The van der Waals surface area contributed by atoms with Crippen molar-refractivity contribution in [2.75, 3.05) is 5.32 Å². The number of hydrogen-bond acceptors (Lipinski definition) is 1. The van der Waals surface area contributed by atoms with Crippen LogP contribution in [-0.2, 0) is 6.18 Å². The van der Waals surface area contributed by atoms with Crippen LogP contribution in [0.2, 0.25) is 0 Å². The van der Waals surface area contributed by atoms with Crippen LogP contribution in [0.4, 0.5) is 36.4 Å². The number of thiocarbonyl (C=S) groups is 1. The van der Waals surface area contributed by atoms with Crippen LogP contribution in [0.25, 0.3) is 0 Å². The van der Waals surface area contributed by atoms with Gasteiger partial charge in [0.1, 0.15) is 11.3 Å². The Bertz CT molecular complexity index is 484. The monoisotopic (exact) mass is 311 g/mol. The molecule has 1 nitrogen and oxygen atoms in total. The maximum Gasteiger partial charge on any atom is 0.422 e. The van der Waals surface area contributed by atoms with Gasteiger partial charge in [0.2, 0.25) is 0 Å².